The molecule has 0 radical (unpaired) electrons. The van der Waals surface area contributed by atoms with E-state index >= 15 is 0 Å². The van der Waals surface area contributed by atoms with Crippen molar-refractivity contribution in [2.45, 2.75) is 19.9 Å². The second-order valence-corrected chi connectivity index (χ2v) is 8.12. The Balaban J connectivity index is 1.64. The van der Waals surface area contributed by atoms with Gasteiger partial charge in [-0.3, -0.25) is 9.69 Å². The van der Waals surface area contributed by atoms with Crippen LogP contribution in [0, 0.1) is 0 Å². The zero-order valence-corrected chi connectivity index (χ0v) is 17.4. The van der Waals surface area contributed by atoms with Gasteiger partial charge in [0.1, 0.15) is 5.76 Å². The van der Waals surface area contributed by atoms with E-state index in [0.717, 1.165) is 33.2 Å². The number of anilines is 1. The number of aryl methyl sites for hydroxylation is 1. The number of furan rings is 1. The molecule has 30 heavy (non-hydrogen) atoms. The number of carbonyl (C=O) groups excluding carboxylic acids is 1. The van der Waals surface area contributed by atoms with Gasteiger partial charge in [-0.15, -0.1) is 0 Å². The lowest BCUT2D eigenvalue weighted by molar-refractivity contribution is 0.0985. The summed E-state index contributed by atoms with van der Waals surface area (Å²) in [5.41, 5.74) is 2.82. The highest BCUT2D eigenvalue weighted by Crippen LogP contribution is 2.33. The first-order valence-corrected chi connectivity index (χ1v) is 10.8. The molecule has 0 aliphatic carbocycles. The molecule has 5 rings (SSSR count). The molecule has 3 aromatic carbocycles. The van der Waals surface area contributed by atoms with Crippen LogP contribution in [-0.4, -0.2) is 10.9 Å². The van der Waals surface area contributed by atoms with Crippen LogP contribution in [0.4, 0.5) is 5.13 Å². The summed E-state index contributed by atoms with van der Waals surface area (Å²) in [7, 11) is 0. The van der Waals surface area contributed by atoms with Gasteiger partial charge in [0.05, 0.1) is 23.0 Å². The number of carbonyl (C=O) groups is 1. The van der Waals surface area contributed by atoms with Gasteiger partial charge < -0.3 is 4.42 Å². The van der Waals surface area contributed by atoms with Gasteiger partial charge in [-0.1, -0.05) is 66.8 Å². The SMILES string of the molecule is CCc1cccc2sc(N(Cc3ccco3)C(=O)c3cccc4ccccc34)nc12. The third-order valence-electron chi connectivity index (χ3n) is 5.26. The number of benzene rings is 3. The van der Waals surface area contributed by atoms with Crippen LogP contribution in [0.3, 0.4) is 0 Å². The van der Waals surface area contributed by atoms with Crippen LogP contribution in [-0.2, 0) is 13.0 Å². The normalized spacial score (nSPS) is 11.2. The number of aromatic nitrogens is 1. The molecule has 0 atom stereocenters. The summed E-state index contributed by atoms with van der Waals surface area (Å²) in [6.07, 6.45) is 2.53. The van der Waals surface area contributed by atoms with E-state index in [0.29, 0.717) is 17.2 Å². The molecule has 2 aromatic heterocycles. The van der Waals surface area contributed by atoms with Crippen molar-refractivity contribution in [3.05, 3.63) is 95.9 Å². The van der Waals surface area contributed by atoms with Crippen LogP contribution >= 0.6 is 11.3 Å². The average molecular weight is 413 g/mol. The van der Waals surface area contributed by atoms with Crippen LogP contribution < -0.4 is 4.90 Å². The lowest BCUT2D eigenvalue weighted by atomic mass is 10.0. The van der Waals surface area contributed by atoms with Gasteiger partial charge >= 0.3 is 0 Å². The van der Waals surface area contributed by atoms with E-state index < -0.39 is 0 Å². The zero-order chi connectivity index (χ0) is 20.5. The summed E-state index contributed by atoms with van der Waals surface area (Å²) in [4.78, 5) is 20.4. The van der Waals surface area contributed by atoms with E-state index in [1.165, 1.54) is 16.9 Å². The minimum absolute atomic E-state index is 0.0831. The van der Waals surface area contributed by atoms with Crippen LogP contribution in [0.5, 0.6) is 0 Å². The lowest BCUT2D eigenvalue weighted by Crippen LogP contribution is -2.30. The van der Waals surface area contributed by atoms with Crippen molar-refractivity contribution in [3.8, 4) is 0 Å². The molecule has 148 valence electrons. The Morgan fingerprint density at radius 2 is 1.83 bits per heavy atom. The van der Waals surface area contributed by atoms with E-state index in [4.69, 9.17) is 9.40 Å². The number of hydrogen-bond donors (Lipinski definition) is 0. The van der Waals surface area contributed by atoms with Crippen LogP contribution in [0.2, 0.25) is 0 Å². The third kappa shape index (κ3) is 3.27. The van der Waals surface area contributed by atoms with Crippen molar-refractivity contribution in [2.75, 3.05) is 4.90 Å². The number of fused-ring (bicyclic) bond motifs is 2. The first-order valence-electron chi connectivity index (χ1n) is 9.95. The summed E-state index contributed by atoms with van der Waals surface area (Å²) in [6.45, 7) is 2.45. The zero-order valence-electron chi connectivity index (χ0n) is 16.5. The van der Waals surface area contributed by atoms with E-state index in [-0.39, 0.29) is 5.91 Å². The van der Waals surface area contributed by atoms with Gasteiger partial charge in [-0.05, 0) is 47.0 Å². The first-order chi connectivity index (χ1) is 14.7. The molecule has 0 bridgehead atoms. The first kappa shape index (κ1) is 18.6. The second-order valence-electron chi connectivity index (χ2n) is 7.11. The minimum atomic E-state index is -0.0831. The van der Waals surface area contributed by atoms with Gasteiger partial charge in [0, 0.05) is 5.56 Å². The van der Waals surface area contributed by atoms with Crippen molar-refractivity contribution in [3.63, 3.8) is 0 Å². The van der Waals surface area contributed by atoms with Gasteiger partial charge in [0.15, 0.2) is 5.13 Å². The molecule has 0 fully saturated rings. The Kier molecular flexibility index (Phi) is 4.81. The summed E-state index contributed by atoms with van der Waals surface area (Å²) < 4.78 is 6.64. The van der Waals surface area contributed by atoms with E-state index in [1.54, 1.807) is 11.2 Å². The van der Waals surface area contributed by atoms with E-state index in [9.17, 15) is 4.79 Å². The molecule has 1 amide bonds. The summed E-state index contributed by atoms with van der Waals surface area (Å²) in [6, 6.07) is 23.7. The van der Waals surface area contributed by atoms with Crippen molar-refractivity contribution in [1.82, 2.24) is 4.98 Å². The van der Waals surface area contributed by atoms with E-state index in [1.807, 2.05) is 60.7 Å². The number of para-hydroxylation sites is 1. The Bertz CT molecular complexity index is 1330. The molecule has 0 aliphatic heterocycles. The van der Waals surface area contributed by atoms with Crippen molar-refractivity contribution in [1.29, 1.82) is 0 Å². The van der Waals surface area contributed by atoms with Crippen molar-refractivity contribution in [2.24, 2.45) is 0 Å². The average Bonchev–Trinajstić information content (AvgIpc) is 3.46. The molecule has 2 heterocycles. The van der Waals surface area contributed by atoms with Crippen LogP contribution in [0.15, 0.2) is 83.5 Å². The van der Waals surface area contributed by atoms with Gasteiger partial charge in [-0.2, -0.15) is 0 Å². The predicted octanol–water partition coefficient (Wildman–Crippen LogP) is 6.45. The van der Waals surface area contributed by atoms with Crippen LogP contribution in [0.25, 0.3) is 21.0 Å². The standard InChI is InChI=1S/C25H20N2O2S/c1-2-17-9-6-14-22-23(17)26-25(30-22)27(16-19-11-7-15-29-19)24(28)21-13-5-10-18-8-3-4-12-20(18)21/h3-15H,2,16H2,1H3. The Hall–Kier alpha value is -3.44. The monoisotopic (exact) mass is 412 g/mol. The molecule has 5 aromatic rings. The molecule has 0 spiro atoms. The van der Waals surface area contributed by atoms with Gasteiger partial charge in [-0.25, -0.2) is 4.98 Å². The maximum absolute atomic E-state index is 13.8. The number of rotatable bonds is 5. The Morgan fingerprint density at radius 1 is 1.00 bits per heavy atom. The molecular formula is C25H20N2O2S. The molecule has 0 aliphatic rings. The number of thiazole rings is 1. The third-order valence-corrected chi connectivity index (χ3v) is 6.31. The Labute approximate surface area is 178 Å². The highest BCUT2D eigenvalue weighted by Gasteiger charge is 2.24. The second kappa shape index (κ2) is 7.76. The molecular weight excluding hydrogens is 392 g/mol. The maximum atomic E-state index is 13.8. The fraction of sp³-hybridized carbons (Fsp3) is 0.120. The number of hydrogen-bond acceptors (Lipinski definition) is 4. The molecule has 5 heteroatoms. The van der Waals surface area contributed by atoms with E-state index in [2.05, 4.69) is 19.1 Å². The van der Waals surface area contributed by atoms with Crippen molar-refractivity contribution >= 4 is 43.4 Å². The summed E-state index contributed by atoms with van der Waals surface area (Å²) in [5.74, 6) is 0.638. The van der Waals surface area contributed by atoms with Gasteiger partial charge in [0.2, 0.25) is 0 Å². The largest absolute Gasteiger partial charge is 0.467 e. The fourth-order valence-electron chi connectivity index (χ4n) is 3.74. The quantitative estimate of drug-likeness (QED) is 0.333. The molecule has 0 saturated carbocycles. The fourth-order valence-corrected chi connectivity index (χ4v) is 4.75. The molecule has 4 nitrogen and oxygen atoms in total. The number of amides is 1. The van der Waals surface area contributed by atoms with Gasteiger partial charge in [0.25, 0.3) is 5.91 Å². The predicted molar refractivity (Wildman–Crippen MR) is 122 cm³/mol. The topological polar surface area (TPSA) is 46.3 Å². The minimum Gasteiger partial charge on any atom is -0.467 e. The summed E-state index contributed by atoms with van der Waals surface area (Å²) in [5, 5.41) is 2.66. The molecule has 0 N–H and O–H groups in total. The maximum Gasteiger partial charge on any atom is 0.261 e. The van der Waals surface area contributed by atoms with Crippen molar-refractivity contribution < 1.29 is 9.21 Å². The molecule has 0 saturated heterocycles. The lowest BCUT2D eigenvalue weighted by Gasteiger charge is -2.19. The van der Waals surface area contributed by atoms with Crippen LogP contribution in [0.1, 0.15) is 28.6 Å². The number of nitrogens with zero attached hydrogens (tertiary/aromatic N) is 2. The highest BCUT2D eigenvalue weighted by molar-refractivity contribution is 7.22. The highest BCUT2D eigenvalue weighted by atomic mass is 32.1. The Morgan fingerprint density at radius 3 is 2.67 bits per heavy atom. The smallest absolute Gasteiger partial charge is 0.261 e. The molecule has 0 unspecified atom stereocenters. The summed E-state index contributed by atoms with van der Waals surface area (Å²) >= 11 is 1.54.